The maximum absolute atomic E-state index is 10.8. The highest BCUT2D eigenvalue weighted by atomic mass is 16.5. The molecule has 0 aromatic heterocycles. The molecule has 1 aliphatic heterocycles. The number of esters is 1. The van der Waals surface area contributed by atoms with Crippen molar-refractivity contribution in [3.8, 4) is 0 Å². The van der Waals surface area contributed by atoms with Crippen LogP contribution in [0.25, 0.3) is 0 Å². The van der Waals surface area contributed by atoms with E-state index in [9.17, 15) is 4.79 Å². The van der Waals surface area contributed by atoms with Crippen molar-refractivity contribution in [2.24, 2.45) is 0 Å². The monoisotopic (exact) mass is 196 g/mol. The lowest BCUT2D eigenvalue weighted by Crippen LogP contribution is -2.05. The van der Waals surface area contributed by atoms with E-state index in [1.807, 2.05) is 0 Å². The molecule has 1 atom stereocenters. The van der Waals surface area contributed by atoms with Crippen LogP contribution in [0.2, 0.25) is 0 Å². The maximum atomic E-state index is 10.8. The zero-order valence-electron chi connectivity index (χ0n) is 9.00. The molecule has 0 saturated carbocycles. The summed E-state index contributed by atoms with van der Waals surface area (Å²) in [5.41, 5.74) is 0. The summed E-state index contributed by atoms with van der Waals surface area (Å²) in [6, 6.07) is 0. The van der Waals surface area contributed by atoms with Gasteiger partial charge in [-0.25, -0.2) is 0 Å². The maximum Gasteiger partial charge on any atom is 0.306 e. The Labute approximate surface area is 86.3 Å². The minimum Gasteiger partial charge on any atom is -0.462 e. The first-order chi connectivity index (χ1) is 6.83. The Bertz CT molecular complexity index is 196. The lowest BCUT2D eigenvalue weighted by molar-refractivity contribution is -0.141. The van der Waals surface area contributed by atoms with Gasteiger partial charge in [0, 0.05) is 6.42 Å². The third-order valence-corrected chi connectivity index (χ3v) is 2.51. The number of cyclic esters (lactones) is 1. The lowest BCUT2D eigenvalue weighted by Gasteiger charge is -2.05. The second-order valence-corrected chi connectivity index (χ2v) is 3.84. The highest BCUT2D eigenvalue weighted by molar-refractivity contribution is 5.71. The summed E-state index contributed by atoms with van der Waals surface area (Å²) in [6.07, 6.45) is 11.9. The molecule has 0 amide bonds. The molecule has 0 radical (unpaired) electrons. The van der Waals surface area contributed by atoms with Crippen molar-refractivity contribution >= 4 is 5.97 Å². The fourth-order valence-corrected chi connectivity index (χ4v) is 1.63. The summed E-state index contributed by atoms with van der Waals surface area (Å²) >= 11 is 0. The Kier molecular flexibility index (Phi) is 5.35. The van der Waals surface area contributed by atoms with Gasteiger partial charge in [0.05, 0.1) is 0 Å². The molecule has 0 N–H and O–H groups in total. The van der Waals surface area contributed by atoms with Gasteiger partial charge < -0.3 is 4.74 Å². The van der Waals surface area contributed by atoms with Gasteiger partial charge >= 0.3 is 5.97 Å². The zero-order valence-corrected chi connectivity index (χ0v) is 9.00. The highest BCUT2D eigenvalue weighted by Crippen LogP contribution is 2.18. The van der Waals surface area contributed by atoms with Gasteiger partial charge in [-0.1, -0.05) is 31.9 Å². The summed E-state index contributed by atoms with van der Waals surface area (Å²) < 4.78 is 5.12. The highest BCUT2D eigenvalue weighted by Gasteiger charge is 2.21. The van der Waals surface area contributed by atoms with Crippen molar-refractivity contribution < 1.29 is 9.53 Å². The number of carbonyl (C=O) groups is 1. The second kappa shape index (κ2) is 6.63. The molecule has 0 spiro atoms. The number of unbranched alkanes of at least 4 members (excludes halogenated alkanes) is 2. The van der Waals surface area contributed by atoms with Gasteiger partial charge in [0.1, 0.15) is 6.10 Å². The molecule has 1 aliphatic rings. The Hall–Kier alpha value is -0.790. The summed E-state index contributed by atoms with van der Waals surface area (Å²) in [6.45, 7) is 2.20. The van der Waals surface area contributed by atoms with E-state index in [1.165, 1.54) is 19.3 Å². The summed E-state index contributed by atoms with van der Waals surface area (Å²) in [5, 5.41) is 0. The van der Waals surface area contributed by atoms with Crippen LogP contribution in [0.4, 0.5) is 0 Å². The lowest BCUT2D eigenvalue weighted by atomic mass is 10.1. The zero-order chi connectivity index (χ0) is 10.2. The number of hydrogen-bond acceptors (Lipinski definition) is 2. The van der Waals surface area contributed by atoms with E-state index in [2.05, 4.69) is 19.1 Å². The van der Waals surface area contributed by atoms with Crippen molar-refractivity contribution in [1.82, 2.24) is 0 Å². The van der Waals surface area contributed by atoms with E-state index in [0.29, 0.717) is 6.42 Å². The first kappa shape index (κ1) is 11.3. The van der Waals surface area contributed by atoms with E-state index < -0.39 is 0 Å². The molecule has 0 aromatic rings. The first-order valence-electron chi connectivity index (χ1n) is 5.67. The summed E-state index contributed by atoms with van der Waals surface area (Å²) in [5.74, 6) is -0.0232. The van der Waals surface area contributed by atoms with E-state index in [4.69, 9.17) is 4.74 Å². The third kappa shape index (κ3) is 4.45. The Morgan fingerprint density at radius 1 is 1.43 bits per heavy atom. The van der Waals surface area contributed by atoms with Gasteiger partial charge in [0.25, 0.3) is 0 Å². The van der Waals surface area contributed by atoms with Crippen LogP contribution in [-0.2, 0) is 9.53 Å². The van der Waals surface area contributed by atoms with E-state index in [0.717, 1.165) is 19.3 Å². The number of carbonyl (C=O) groups excluding carboxylic acids is 1. The molecule has 0 bridgehead atoms. The minimum atomic E-state index is -0.0232. The van der Waals surface area contributed by atoms with Crippen LogP contribution in [0.1, 0.15) is 51.9 Å². The predicted molar refractivity (Wildman–Crippen MR) is 57.0 cm³/mol. The minimum absolute atomic E-state index is 0.0232. The van der Waals surface area contributed by atoms with Crippen LogP contribution in [-0.4, -0.2) is 12.1 Å². The molecule has 80 valence electrons. The Balaban J connectivity index is 1.98. The van der Waals surface area contributed by atoms with Crippen LogP contribution >= 0.6 is 0 Å². The van der Waals surface area contributed by atoms with Crippen LogP contribution in [0, 0.1) is 0 Å². The second-order valence-electron chi connectivity index (χ2n) is 3.84. The van der Waals surface area contributed by atoms with E-state index >= 15 is 0 Å². The molecule has 0 aliphatic carbocycles. The number of allylic oxidation sites excluding steroid dienone is 2. The standard InChI is InChI=1S/C12H20O2/c1-2-3-4-5-6-7-8-11-9-10-12(13)14-11/h5-6,11H,2-4,7-10H2,1H3/b6-5+. The molecule has 1 heterocycles. The molecular weight excluding hydrogens is 176 g/mol. The van der Waals surface area contributed by atoms with Gasteiger partial charge in [0.2, 0.25) is 0 Å². The van der Waals surface area contributed by atoms with Gasteiger partial charge in [-0.15, -0.1) is 0 Å². The normalized spacial score (nSPS) is 21.8. The Morgan fingerprint density at radius 2 is 2.21 bits per heavy atom. The summed E-state index contributed by atoms with van der Waals surface area (Å²) in [4.78, 5) is 10.8. The Morgan fingerprint density at radius 3 is 2.86 bits per heavy atom. The number of rotatable bonds is 6. The molecule has 1 rings (SSSR count). The number of hydrogen-bond donors (Lipinski definition) is 0. The molecule has 2 heteroatoms. The number of ether oxygens (including phenoxy) is 1. The smallest absolute Gasteiger partial charge is 0.306 e. The summed E-state index contributed by atoms with van der Waals surface area (Å²) in [7, 11) is 0. The fourth-order valence-electron chi connectivity index (χ4n) is 1.63. The van der Waals surface area contributed by atoms with Crippen LogP contribution < -0.4 is 0 Å². The van der Waals surface area contributed by atoms with Crippen molar-refractivity contribution in [3.05, 3.63) is 12.2 Å². The molecule has 1 unspecified atom stereocenters. The average molecular weight is 196 g/mol. The van der Waals surface area contributed by atoms with Crippen molar-refractivity contribution in [2.45, 2.75) is 58.0 Å². The van der Waals surface area contributed by atoms with Gasteiger partial charge in [-0.05, 0) is 25.7 Å². The quantitative estimate of drug-likeness (QED) is 0.370. The molecule has 2 nitrogen and oxygen atoms in total. The fraction of sp³-hybridized carbons (Fsp3) is 0.750. The van der Waals surface area contributed by atoms with E-state index in [-0.39, 0.29) is 12.1 Å². The first-order valence-corrected chi connectivity index (χ1v) is 5.67. The SMILES string of the molecule is CCCC/C=C/CCC1CCC(=O)O1. The average Bonchev–Trinajstić information content (AvgIpc) is 2.58. The van der Waals surface area contributed by atoms with Crippen LogP contribution in [0.15, 0.2) is 12.2 Å². The van der Waals surface area contributed by atoms with Crippen molar-refractivity contribution in [3.63, 3.8) is 0 Å². The molecule has 1 fully saturated rings. The van der Waals surface area contributed by atoms with Crippen molar-refractivity contribution in [1.29, 1.82) is 0 Å². The van der Waals surface area contributed by atoms with Crippen molar-refractivity contribution in [2.75, 3.05) is 0 Å². The van der Waals surface area contributed by atoms with Gasteiger partial charge in [-0.3, -0.25) is 4.79 Å². The van der Waals surface area contributed by atoms with Crippen LogP contribution in [0.3, 0.4) is 0 Å². The van der Waals surface area contributed by atoms with Crippen LogP contribution in [0.5, 0.6) is 0 Å². The molecule has 0 aromatic carbocycles. The molecular formula is C12H20O2. The van der Waals surface area contributed by atoms with E-state index in [1.54, 1.807) is 0 Å². The molecule has 1 saturated heterocycles. The topological polar surface area (TPSA) is 26.3 Å². The molecule has 14 heavy (non-hydrogen) atoms. The largest absolute Gasteiger partial charge is 0.462 e. The van der Waals surface area contributed by atoms with Gasteiger partial charge in [-0.2, -0.15) is 0 Å². The van der Waals surface area contributed by atoms with Gasteiger partial charge in [0.15, 0.2) is 0 Å². The predicted octanol–water partition coefficient (Wildman–Crippen LogP) is 3.22. The third-order valence-electron chi connectivity index (χ3n) is 2.51.